The second-order valence-corrected chi connectivity index (χ2v) is 7.16. The molecule has 7 nitrogen and oxygen atoms in total. The molecule has 1 aliphatic heterocycles. The Morgan fingerprint density at radius 2 is 2.08 bits per heavy atom. The summed E-state index contributed by atoms with van der Waals surface area (Å²) in [5, 5.41) is 11.0. The monoisotopic (exact) mass is 359 g/mol. The first-order valence-corrected chi connectivity index (χ1v) is 8.70. The van der Waals surface area contributed by atoms with Crippen molar-refractivity contribution in [3.05, 3.63) is 62.4 Å². The van der Waals surface area contributed by atoms with Gasteiger partial charge in [0.05, 0.1) is 18.8 Å². The Morgan fingerprint density at radius 3 is 2.77 bits per heavy atom. The molecule has 0 amide bonds. The van der Waals surface area contributed by atoms with Gasteiger partial charge in [0.25, 0.3) is 5.56 Å². The van der Waals surface area contributed by atoms with Crippen LogP contribution >= 0.6 is 0 Å². The first-order valence-electron chi connectivity index (χ1n) is 8.70. The van der Waals surface area contributed by atoms with Crippen LogP contribution in [0.25, 0.3) is 0 Å². The molecule has 0 saturated carbocycles. The fourth-order valence-electron chi connectivity index (χ4n) is 3.72. The van der Waals surface area contributed by atoms with E-state index in [0.29, 0.717) is 25.1 Å². The van der Waals surface area contributed by atoms with Gasteiger partial charge in [-0.15, -0.1) is 0 Å². The van der Waals surface area contributed by atoms with Crippen molar-refractivity contribution >= 4 is 0 Å². The van der Waals surface area contributed by atoms with E-state index in [4.69, 9.17) is 4.74 Å². The lowest BCUT2D eigenvalue weighted by molar-refractivity contribution is -0.0604. The van der Waals surface area contributed by atoms with Crippen molar-refractivity contribution in [3.63, 3.8) is 0 Å². The molecule has 2 N–H and O–H groups in total. The van der Waals surface area contributed by atoms with Crippen molar-refractivity contribution in [1.29, 1.82) is 0 Å². The van der Waals surface area contributed by atoms with Crippen LogP contribution in [0.5, 0.6) is 5.75 Å². The van der Waals surface area contributed by atoms with E-state index in [-0.39, 0.29) is 11.6 Å². The van der Waals surface area contributed by atoms with Crippen LogP contribution in [0.1, 0.15) is 30.5 Å². The number of nitrogens with one attached hydrogen (secondary N) is 1. The van der Waals surface area contributed by atoms with Gasteiger partial charge < -0.3 is 9.84 Å². The zero-order chi connectivity index (χ0) is 18.9. The number of aromatic amines is 1. The number of methoxy groups -OCH3 is 1. The van der Waals surface area contributed by atoms with Crippen LogP contribution in [0.15, 0.2) is 40.1 Å². The number of hydrogen-bond donors (Lipinski definition) is 2. The molecule has 1 aromatic carbocycles. The van der Waals surface area contributed by atoms with E-state index in [1.165, 1.54) is 10.8 Å². The lowest BCUT2D eigenvalue weighted by Gasteiger charge is -2.43. The molecule has 0 spiro atoms. The minimum absolute atomic E-state index is 0.389. The molecule has 140 valence electrons. The molecule has 0 radical (unpaired) electrons. The van der Waals surface area contributed by atoms with Crippen LogP contribution in [-0.2, 0) is 6.54 Å². The Labute approximate surface area is 151 Å². The van der Waals surface area contributed by atoms with E-state index in [2.05, 4.69) is 9.88 Å². The molecular weight excluding hydrogens is 334 g/mol. The zero-order valence-corrected chi connectivity index (χ0v) is 15.4. The topological polar surface area (TPSA) is 87.6 Å². The van der Waals surface area contributed by atoms with E-state index in [1.807, 2.05) is 24.3 Å². The fourth-order valence-corrected chi connectivity index (χ4v) is 3.72. The van der Waals surface area contributed by atoms with Crippen LogP contribution in [0.3, 0.4) is 0 Å². The fraction of sp³-hybridized carbons (Fsp3) is 0.474. The molecular formula is C19H25N3O4. The minimum atomic E-state index is -1.10. The summed E-state index contributed by atoms with van der Waals surface area (Å²) in [6.07, 6.45) is 2.14. The largest absolute Gasteiger partial charge is 0.496 e. The highest BCUT2D eigenvalue weighted by atomic mass is 16.5. The highest BCUT2D eigenvalue weighted by molar-refractivity contribution is 5.33. The summed E-state index contributed by atoms with van der Waals surface area (Å²) in [6.45, 7) is 5.19. The van der Waals surface area contributed by atoms with E-state index in [1.54, 1.807) is 21.0 Å². The average Bonchev–Trinajstić information content (AvgIpc) is 2.58. The van der Waals surface area contributed by atoms with Crippen LogP contribution in [0, 0.1) is 6.92 Å². The highest BCUT2D eigenvalue weighted by Crippen LogP contribution is 2.32. The predicted molar refractivity (Wildman–Crippen MR) is 98.6 cm³/mol. The third-order valence-electron chi connectivity index (χ3n) is 5.05. The number of hydrogen-bond acceptors (Lipinski definition) is 5. The van der Waals surface area contributed by atoms with E-state index in [0.717, 1.165) is 17.9 Å². The number of para-hydroxylation sites is 1. The molecule has 1 aliphatic rings. The van der Waals surface area contributed by atoms with Gasteiger partial charge in [0.15, 0.2) is 0 Å². The van der Waals surface area contributed by atoms with Gasteiger partial charge in [0.1, 0.15) is 5.75 Å². The normalized spacial score (nSPS) is 23.8. The first-order chi connectivity index (χ1) is 12.3. The third-order valence-corrected chi connectivity index (χ3v) is 5.05. The summed E-state index contributed by atoms with van der Waals surface area (Å²) in [4.78, 5) is 28.3. The second kappa shape index (κ2) is 7.09. The van der Waals surface area contributed by atoms with Crippen LogP contribution in [0.4, 0.5) is 0 Å². The number of β-amino-alcohol motifs (C(OH)–C–C–N with tert-alkyl or cyclic N) is 1. The molecule has 0 aliphatic carbocycles. The lowest BCUT2D eigenvalue weighted by atomic mass is 9.88. The molecule has 26 heavy (non-hydrogen) atoms. The molecule has 7 heteroatoms. The smallest absolute Gasteiger partial charge is 0.328 e. The van der Waals surface area contributed by atoms with Gasteiger partial charge in [-0.25, -0.2) is 4.79 Å². The van der Waals surface area contributed by atoms with Gasteiger partial charge >= 0.3 is 5.69 Å². The third kappa shape index (κ3) is 3.59. The molecule has 2 atom stereocenters. The Kier molecular flexibility index (Phi) is 5.02. The molecule has 1 fully saturated rings. The Hall–Kier alpha value is -2.38. The maximum absolute atomic E-state index is 12.2. The minimum Gasteiger partial charge on any atom is -0.496 e. The number of likely N-dealkylation sites (tertiary alicyclic amines) is 1. The summed E-state index contributed by atoms with van der Waals surface area (Å²) >= 11 is 0. The van der Waals surface area contributed by atoms with Crippen molar-refractivity contribution in [2.45, 2.75) is 38.5 Å². The van der Waals surface area contributed by atoms with Gasteiger partial charge in [0, 0.05) is 37.0 Å². The molecule has 1 aromatic heterocycles. The molecule has 0 unspecified atom stereocenters. The number of aliphatic hydroxyl groups is 1. The van der Waals surface area contributed by atoms with Crippen LogP contribution in [0.2, 0.25) is 0 Å². The molecule has 2 aromatic rings. The van der Waals surface area contributed by atoms with E-state index in [9.17, 15) is 14.7 Å². The van der Waals surface area contributed by atoms with Crippen molar-refractivity contribution in [2.75, 3.05) is 20.2 Å². The van der Waals surface area contributed by atoms with Gasteiger partial charge in [-0.2, -0.15) is 0 Å². The quantitative estimate of drug-likeness (QED) is 0.852. The van der Waals surface area contributed by atoms with Crippen molar-refractivity contribution in [3.8, 4) is 5.75 Å². The van der Waals surface area contributed by atoms with Crippen molar-refractivity contribution in [1.82, 2.24) is 14.5 Å². The molecule has 0 bridgehead atoms. The number of ether oxygens (including phenoxy) is 1. The lowest BCUT2D eigenvalue weighted by Crippen LogP contribution is -2.54. The Morgan fingerprint density at radius 1 is 1.35 bits per heavy atom. The number of benzene rings is 1. The summed E-state index contributed by atoms with van der Waals surface area (Å²) in [7, 11) is 1.64. The molecule has 2 heterocycles. The summed E-state index contributed by atoms with van der Waals surface area (Å²) < 4.78 is 6.86. The zero-order valence-electron chi connectivity index (χ0n) is 15.4. The summed E-state index contributed by atoms with van der Waals surface area (Å²) in [6, 6.07) is 7.43. The number of aryl methyl sites for hydroxylation is 1. The Balaban J connectivity index is 1.81. The first kappa shape index (κ1) is 18.4. The number of rotatable bonds is 4. The van der Waals surface area contributed by atoms with Crippen molar-refractivity contribution < 1.29 is 9.84 Å². The summed E-state index contributed by atoms with van der Waals surface area (Å²) in [5.41, 5.74) is -0.462. The van der Waals surface area contributed by atoms with Gasteiger partial charge in [-0.3, -0.25) is 19.2 Å². The van der Waals surface area contributed by atoms with E-state index >= 15 is 0 Å². The Bertz CT molecular complexity index is 900. The average molecular weight is 359 g/mol. The molecule has 3 rings (SSSR count). The molecule has 1 saturated heterocycles. The number of piperidine rings is 1. The maximum Gasteiger partial charge on any atom is 0.328 e. The predicted octanol–water partition coefficient (Wildman–Crippen LogP) is 1.05. The van der Waals surface area contributed by atoms with Crippen LogP contribution < -0.4 is 16.0 Å². The van der Waals surface area contributed by atoms with Crippen LogP contribution in [-0.4, -0.2) is 45.4 Å². The van der Waals surface area contributed by atoms with Gasteiger partial charge in [-0.1, -0.05) is 18.2 Å². The van der Waals surface area contributed by atoms with Crippen molar-refractivity contribution in [2.24, 2.45) is 0 Å². The summed E-state index contributed by atoms with van der Waals surface area (Å²) in [5.74, 6) is 0.821. The second-order valence-electron chi connectivity index (χ2n) is 7.16. The highest BCUT2D eigenvalue weighted by Gasteiger charge is 2.39. The SMILES string of the molecule is COc1ccccc1CN1CC[C@H](n2cc(C)c(=O)[nH]c2=O)[C@@](C)(O)C1. The number of H-pyrrole nitrogens is 1. The van der Waals surface area contributed by atoms with E-state index < -0.39 is 11.3 Å². The number of aromatic nitrogens is 2. The standard InChI is InChI=1S/C19H25N3O4/c1-13-10-22(18(24)20-17(13)23)16-8-9-21(12-19(16,2)25)11-14-6-4-5-7-15(14)26-3/h4-7,10,16,25H,8-9,11-12H2,1-3H3,(H,20,23,24)/t16-,19-/m0/s1. The van der Waals surface area contributed by atoms with Gasteiger partial charge in [-0.05, 0) is 26.3 Å². The van der Waals surface area contributed by atoms with Gasteiger partial charge in [0.2, 0.25) is 0 Å². The number of nitrogens with zero attached hydrogens (tertiary/aromatic N) is 2. The maximum atomic E-state index is 12.2.